The minimum absolute atomic E-state index is 0.00735. The zero-order valence-electron chi connectivity index (χ0n) is 20.3. The van der Waals surface area contributed by atoms with E-state index in [-0.39, 0.29) is 27.4 Å². The Labute approximate surface area is 221 Å². The van der Waals surface area contributed by atoms with E-state index < -0.39 is 27.9 Å². The molecule has 4 aromatic rings. The lowest BCUT2D eigenvalue weighted by Gasteiger charge is -2.33. The highest BCUT2D eigenvalue weighted by molar-refractivity contribution is 7.93. The highest BCUT2D eigenvalue weighted by Gasteiger charge is 2.34. The zero-order valence-corrected chi connectivity index (χ0v) is 21.9. The second-order valence-electron chi connectivity index (χ2n) is 8.68. The third kappa shape index (κ3) is 5.20. The van der Waals surface area contributed by atoms with E-state index in [9.17, 15) is 21.6 Å². The van der Waals surface area contributed by atoms with Crippen molar-refractivity contribution in [2.45, 2.75) is 43.0 Å². The van der Waals surface area contributed by atoms with Crippen molar-refractivity contribution < 1.29 is 31.1 Å². The number of aryl methyl sites for hydroxylation is 1. The molecule has 0 spiro atoms. The molecule has 0 fully saturated rings. The van der Waals surface area contributed by atoms with Crippen LogP contribution in [-0.4, -0.2) is 29.3 Å². The van der Waals surface area contributed by atoms with Gasteiger partial charge in [-0.25, -0.2) is 13.4 Å². The highest BCUT2D eigenvalue weighted by Crippen LogP contribution is 2.43. The summed E-state index contributed by atoms with van der Waals surface area (Å²) < 4.78 is 82.6. The Morgan fingerprint density at radius 1 is 1.18 bits per heavy atom. The van der Waals surface area contributed by atoms with Crippen molar-refractivity contribution in [3.63, 3.8) is 0 Å². The normalized spacial score (nSPS) is 17.5. The molecule has 0 aliphatic carbocycles. The van der Waals surface area contributed by atoms with E-state index in [0.29, 0.717) is 29.8 Å². The lowest BCUT2D eigenvalue weighted by Crippen LogP contribution is -2.28. The van der Waals surface area contributed by atoms with E-state index in [1.54, 1.807) is 24.6 Å². The van der Waals surface area contributed by atoms with Gasteiger partial charge in [-0.2, -0.15) is 18.3 Å². The Balaban J connectivity index is 1.52. The van der Waals surface area contributed by atoms with Gasteiger partial charge in [-0.05, 0) is 36.8 Å². The van der Waals surface area contributed by atoms with E-state index >= 15 is 0 Å². The topological polar surface area (TPSA) is 95.3 Å². The van der Waals surface area contributed by atoms with Crippen molar-refractivity contribution in [3.05, 3.63) is 71.4 Å². The number of halogens is 3. The van der Waals surface area contributed by atoms with Crippen molar-refractivity contribution >= 4 is 26.5 Å². The third-order valence-corrected chi connectivity index (χ3v) is 8.35. The van der Waals surface area contributed by atoms with E-state index in [1.807, 2.05) is 6.92 Å². The van der Waals surface area contributed by atoms with Crippen LogP contribution in [0.5, 0.6) is 11.5 Å². The average Bonchev–Trinajstić information content (AvgIpc) is 3.54. The molecule has 2 atom stereocenters. The Hall–Kier alpha value is -3.58. The molecule has 0 amide bonds. The van der Waals surface area contributed by atoms with E-state index in [4.69, 9.17) is 9.47 Å². The Kier molecular flexibility index (Phi) is 6.82. The van der Waals surface area contributed by atoms with Gasteiger partial charge in [-0.15, -0.1) is 11.3 Å². The molecule has 0 bridgehead atoms. The summed E-state index contributed by atoms with van der Waals surface area (Å²) in [6.45, 7) is 1.93. The van der Waals surface area contributed by atoms with Crippen molar-refractivity contribution in [1.82, 2.24) is 14.8 Å². The van der Waals surface area contributed by atoms with Gasteiger partial charge in [-0.3, -0.25) is 9.40 Å². The number of sulfonamides is 1. The lowest BCUT2D eigenvalue weighted by atomic mass is 9.97. The van der Waals surface area contributed by atoms with Gasteiger partial charge >= 0.3 is 6.18 Å². The van der Waals surface area contributed by atoms with Crippen LogP contribution in [0, 0.1) is 0 Å². The van der Waals surface area contributed by atoms with Crippen molar-refractivity contribution in [2.24, 2.45) is 7.05 Å². The number of anilines is 1. The van der Waals surface area contributed by atoms with E-state index in [0.717, 1.165) is 23.5 Å². The molecule has 1 aliphatic heterocycles. The molecular formula is C25H23F3N4O4S2. The molecule has 2 aromatic carbocycles. The van der Waals surface area contributed by atoms with Crippen LogP contribution < -0.4 is 14.2 Å². The molecule has 5 rings (SSSR count). The molecule has 2 unspecified atom stereocenters. The Morgan fingerprint density at radius 2 is 2.00 bits per heavy atom. The second-order valence-corrected chi connectivity index (χ2v) is 11.3. The van der Waals surface area contributed by atoms with Crippen molar-refractivity contribution in [1.29, 1.82) is 0 Å². The molecular weight excluding hydrogens is 541 g/mol. The third-order valence-electron chi connectivity index (χ3n) is 6.20. The first kappa shape index (κ1) is 26.0. The number of fused-ring (bicyclic) bond motifs is 1. The lowest BCUT2D eigenvalue weighted by molar-refractivity contribution is -0.137. The minimum Gasteiger partial charge on any atom is -0.490 e. The predicted molar refractivity (Wildman–Crippen MR) is 136 cm³/mol. The predicted octanol–water partition coefficient (Wildman–Crippen LogP) is 6.04. The van der Waals surface area contributed by atoms with Crippen molar-refractivity contribution in [3.8, 4) is 22.8 Å². The molecule has 13 heteroatoms. The number of hydrogen-bond donors (Lipinski definition) is 1. The summed E-state index contributed by atoms with van der Waals surface area (Å²) >= 11 is 1.15. The summed E-state index contributed by atoms with van der Waals surface area (Å²) in [7, 11) is -2.28. The summed E-state index contributed by atoms with van der Waals surface area (Å²) in [4.78, 5) is 3.95. The number of nitrogens with zero attached hydrogens (tertiary/aromatic N) is 3. The van der Waals surface area contributed by atoms with Crippen molar-refractivity contribution in [2.75, 3.05) is 4.72 Å². The monoisotopic (exact) mass is 564 g/mol. The Morgan fingerprint density at radius 3 is 2.66 bits per heavy atom. The van der Waals surface area contributed by atoms with Gasteiger partial charge in [0, 0.05) is 48.4 Å². The number of ether oxygens (including phenoxy) is 2. The number of aromatic nitrogens is 3. The van der Waals surface area contributed by atoms with Gasteiger partial charge < -0.3 is 9.47 Å². The van der Waals surface area contributed by atoms with E-state index in [2.05, 4.69) is 14.8 Å². The van der Waals surface area contributed by atoms with Crippen LogP contribution in [0.2, 0.25) is 0 Å². The van der Waals surface area contributed by atoms with Crippen LogP contribution in [0.4, 0.5) is 18.3 Å². The first-order chi connectivity index (χ1) is 18.0. The fourth-order valence-electron chi connectivity index (χ4n) is 4.25. The number of alkyl halides is 3. The molecule has 1 aliphatic rings. The molecule has 0 saturated carbocycles. The molecule has 0 saturated heterocycles. The van der Waals surface area contributed by atoms with Crippen LogP contribution in [0.25, 0.3) is 11.3 Å². The fraction of sp³-hybridized carbons (Fsp3) is 0.280. The quantitative estimate of drug-likeness (QED) is 0.294. The number of hydrogen-bond acceptors (Lipinski definition) is 7. The zero-order chi connectivity index (χ0) is 27.1. The first-order valence-corrected chi connectivity index (χ1v) is 14.0. The number of benzene rings is 2. The highest BCUT2D eigenvalue weighted by atomic mass is 32.2. The molecule has 8 nitrogen and oxygen atoms in total. The Bertz CT molecular complexity index is 1550. The van der Waals surface area contributed by atoms with Gasteiger partial charge in [0.05, 0.1) is 16.2 Å². The molecule has 3 heterocycles. The number of nitrogens with one attached hydrogen (secondary N) is 1. The van der Waals surface area contributed by atoms with Gasteiger partial charge in [0.15, 0.2) is 5.13 Å². The number of rotatable bonds is 7. The van der Waals surface area contributed by atoms with Gasteiger partial charge in [0.2, 0.25) is 0 Å². The summed E-state index contributed by atoms with van der Waals surface area (Å²) in [5, 5.41) is 5.98. The largest absolute Gasteiger partial charge is 0.490 e. The molecule has 200 valence electrons. The summed E-state index contributed by atoms with van der Waals surface area (Å²) in [6.07, 6.45) is -1.36. The van der Waals surface area contributed by atoms with Crippen LogP contribution in [-0.2, 0) is 23.2 Å². The van der Waals surface area contributed by atoms with Gasteiger partial charge in [-0.1, -0.05) is 13.0 Å². The SMILES string of the molecule is CCC1CC(Oc2ccc(C(F)(F)F)cc2-c2ccnn2C)c2ccc(S(=O)(=O)Nc3nccs3)cc2O1. The van der Waals surface area contributed by atoms with E-state index in [1.165, 1.54) is 35.3 Å². The van der Waals surface area contributed by atoms with Crippen LogP contribution >= 0.6 is 11.3 Å². The standard InChI is InChI=1S/C25H23F3N4O4S2/c1-3-16-13-22(18-6-5-17(14-23(18)35-16)38(33,34)31-24-29-10-11-37-24)36-21-7-4-15(25(26,27)28)12-19(21)20-8-9-30-32(20)2/h4-12,14,16,22H,3,13H2,1-2H3,(H,29,31). The maximum absolute atomic E-state index is 13.5. The number of thiazole rings is 1. The molecule has 38 heavy (non-hydrogen) atoms. The molecule has 2 aromatic heterocycles. The summed E-state index contributed by atoms with van der Waals surface area (Å²) in [6, 6.07) is 9.42. The maximum atomic E-state index is 13.5. The first-order valence-electron chi connectivity index (χ1n) is 11.6. The molecule has 0 radical (unpaired) electrons. The fourth-order valence-corrected chi connectivity index (χ4v) is 6.06. The summed E-state index contributed by atoms with van der Waals surface area (Å²) in [5.74, 6) is 0.584. The minimum atomic E-state index is -4.53. The van der Waals surface area contributed by atoms with Crippen LogP contribution in [0.15, 0.2) is 65.1 Å². The van der Waals surface area contributed by atoms with Gasteiger partial charge in [0.25, 0.3) is 10.0 Å². The molecule has 1 N–H and O–H groups in total. The summed E-state index contributed by atoms with van der Waals surface area (Å²) in [5.41, 5.74) is 0.495. The smallest absolute Gasteiger partial charge is 0.416 e. The second kappa shape index (κ2) is 9.95. The van der Waals surface area contributed by atoms with Crippen LogP contribution in [0.1, 0.15) is 37.0 Å². The average molecular weight is 565 g/mol. The van der Waals surface area contributed by atoms with Crippen LogP contribution in [0.3, 0.4) is 0 Å². The maximum Gasteiger partial charge on any atom is 0.416 e. The van der Waals surface area contributed by atoms with Gasteiger partial charge in [0.1, 0.15) is 23.7 Å².